The van der Waals surface area contributed by atoms with Gasteiger partial charge in [0.1, 0.15) is 0 Å². The van der Waals surface area contributed by atoms with Crippen LogP contribution < -0.4 is 4.31 Å². The van der Waals surface area contributed by atoms with Gasteiger partial charge in [-0.3, -0.25) is 9.10 Å². The van der Waals surface area contributed by atoms with Crippen LogP contribution in [-0.2, 0) is 23.0 Å². The van der Waals surface area contributed by atoms with Crippen LogP contribution in [0.4, 0.5) is 5.69 Å². The van der Waals surface area contributed by atoms with Gasteiger partial charge in [-0.05, 0) is 42.2 Å². The maximum absolute atomic E-state index is 12.7. The van der Waals surface area contributed by atoms with E-state index in [1.165, 1.54) is 10.6 Å². The van der Waals surface area contributed by atoms with Crippen LogP contribution in [0.5, 0.6) is 0 Å². The van der Waals surface area contributed by atoms with E-state index >= 15 is 0 Å². The molecule has 1 heterocycles. The molecule has 2 aromatic carbocycles. The highest BCUT2D eigenvalue weighted by molar-refractivity contribution is 7.92. The highest BCUT2D eigenvalue weighted by Gasteiger charge is 2.25. The lowest BCUT2D eigenvalue weighted by Crippen LogP contribution is -2.35. The molecule has 1 aliphatic heterocycles. The number of carbonyl (C=O) groups excluding carboxylic acids is 1. The largest absolute Gasteiger partial charge is 0.337 e. The third kappa shape index (κ3) is 3.85. The van der Waals surface area contributed by atoms with Crippen LogP contribution in [0, 0.1) is 0 Å². The van der Waals surface area contributed by atoms with Gasteiger partial charge in [-0.2, -0.15) is 0 Å². The van der Waals surface area contributed by atoms with Crippen LogP contribution >= 0.6 is 0 Å². The lowest BCUT2D eigenvalue weighted by Gasteiger charge is -2.29. The Hall–Kier alpha value is -2.34. The second kappa shape index (κ2) is 6.88. The maximum atomic E-state index is 12.7. The van der Waals surface area contributed by atoms with E-state index in [1.807, 2.05) is 36.4 Å². The monoisotopic (exact) mass is 358 g/mol. The van der Waals surface area contributed by atoms with Crippen LogP contribution in [0.25, 0.3) is 0 Å². The van der Waals surface area contributed by atoms with Gasteiger partial charge in [0.2, 0.25) is 10.0 Å². The lowest BCUT2D eigenvalue weighted by molar-refractivity contribution is 0.0785. The smallest absolute Gasteiger partial charge is 0.253 e. The number of hydrogen-bond acceptors (Lipinski definition) is 3. The average molecular weight is 358 g/mol. The first-order valence-electron chi connectivity index (χ1n) is 8.26. The lowest BCUT2D eigenvalue weighted by atomic mass is 10.00. The van der Waals surface area contributed by atoms with Crippen molar-refractivity contribution in [1.82, 2.24) is 4.90 Å². The summed E-state index contributed by atoms with van der Waals surface area (Å²) in [4.78, 5) is 14.4. The van der Waals surface area contributed by atoms with Crippen molar-refractivity contribution in [1.29, 1.82) is 0 Å². The van der Waals surface area contributed by atoms with Gasteiger partial charge in [0.15, 0.2) is 0 Å². The Bertz CT molecular complexity index is 879. The van der Waals surface area contributed by atoms with E-state index in [4.69, 9.17) is 0 Å². The molecule has 0 N–H and O–H groups in total. The molecule has 25 heavy (non-hydrogen) atoms. The first-order valence-corrected chi connectivity index (χ1v) is 10.1. The number of carbonyl (C=O) groups is 1. The second-order valence-electron chi connectivity index (χ2n) is 6.43. The Balaban J connectivity index is 1.83. The molecular formula is C19H22N2O3S. The summed E-state index contributed by atoms with van der Waals surface area (Å²) in [6.07, 6.45) is 2.76. The minimum atomic E-state index is -3.29. The van der Waals surface area contributed by atoms with E-state index in [-0.39, 0.29) is 5.91 Å². The van der Waals surface area contributed by atoms with E-state index in [0.29, 0.717) is 24.3 Å². The summed E-state index contributed by atoms with van der Waals surface area (Å²) >= 11 is 0. The summed E-state index contributed by atoms with van der Waals surface area (Å²) in [6.45, 7) is 1.03. The highest BCUT2D eigenvalue weighted by atomic mass is 32.2. The van der Waals surface area contributed by atoms with Crippen LogP contribution in [0.1, 0.15) is 27.9 Å². The Morgan fingerprint density at radius 2 is 1.88 bits per heavy atom. The summed E-state index contributed by atoms with van der Waals surface area (Å²) in [5.41, 5.74) is 3.26. The normalized spacial score (nSPS) is 14.1. The standard InChI is InChI=1S/C19H22N2O3S/c1-20(14-15-7-4-3-5-8-15)19(22)17-10-11-18-16(13-17)9-6-12-21(18)25(2,23)24/h3-5,7-8,10-11,13H,6,9,12,14H2,1-2H3. The third-order valence-corrected chi connectivity index (χ3v) is 5.59. The van der Waals surface area contributed by atoms with E-state index in [2.05, 4.69) is 0 Å². The first-order chi connectivity index (χ1) is 11.9. The molecule has 0 unspecified atom stereocenters. The van der Waals surface area contributed by atoms with Crippen LogP contribution in [0.15, 0.2) is 48.5 Å². The Morgan fingerprint density at radius 1 is 1.16 bits per heavy atom. The number of fused-ring (bicyclic) bond motifs is 1. The summed E-state index contributed by atoms with van der Waals surface area (Å²) in [5.74, 6) is -0.0665. The number of hydrogen-bond donors (Lipinski definition) is 0. The summed E-state index contributed by atoms with van der Waals surface area (Å²) in [6, 6.07) is 15.1. The van der Waals surface area contributed by atoms with E-state index in [0.717, 1.165) is 24.0 Å². The van der Waals surface area contributed by atoms with Gasteiger partial charge in [0.25, 0.3) is 5.91 Å². The molecule has 0 saturated carbocycles. The second-order valence-corrected chi connectivity index (χ2v) is 8.34. The number of rotatable bonds is 4. The minimum absolute atomic E-state index is 0.0665. The number of amides is 1. The molecule has 0 fully saturated rings. The molecule has 0 atom stereocenters. The van der Waals surface area contributed by atoms with Gasteiger partial charge >= 0.3 is 0 Å². The van der Waals surface area contributed by atoms with Crippen molar-refractivity contribution in [2.24, 2.45) is 0 Å². The van der Waals surface area contributed by atoms with Gasteiger partial charge in [-0.25, -0.2) is 8.42 Å². The average Bonchev–Trinajstić information content (AvgIpc) is 2.60. The van der Waals surface area contributed by atoms with E-state index in [9.17, 15) is 13.2 Å². The van der Waals surface area contributed by atoms with E-state index < -0.39 is 10.0 Å². The molecule has 1 aliphatic rings. The zero-order chi connectivity index (χ0) is 18.0. The molecule has 1 amide bonds. The van der Waals surface area contributed by atoms with Gasteiger partial charge < -0.3 is 4.90 Å². The van der Waals surface area contributed by atoms with Gasteiger partial charge in [-0.15, -0.1) is 0 Å². The summed E-state index contributed by atoms with van der Waals surface area (Å²) < 4.78 is 25.3. The van der Waals surface area contributed by atoms with E-state index in [1.54, 1.807) is 24.1 Å². The molecular weight excluding hydrogens is 336 g/mol. The Kier molecular flexibility index (Phi) is 4.81. The molecule has 0 saturated heterocycles. The van der Waals surface area contributed by atoms with Crippen LogP contribution in [-0.4, -0.2) is 39.1 Å². The fraction of sp³-hybridized carbons (Fsp3) is 0.316. The molecule has 2 aromatic rings. The minimum Gasteiger partial charge on any atom is -0.337 e. The summed E-state index contributed by atoms with van der Waals surface area (Å²) in [7, 11) is -1.52. The first kappa shape index (κ1) is 17.5. The Morgan fingerprint density at radius 3 is 2.56 bits per heavy atom. The third-order valence-electron chi connectivity index (χ3n) is 4.41. The molecule has 6 heteroatoms. The SMILES string of the molecule is CN(Cc1ccccc1)C(=O)c1ccc2c(c1)CCCN2S(C)(=O)=O. The van der Waals surface area contributed by atoms with Crippen molar-refractivity contribution in [3.05, 3.63) is 65.2 Å². The number of nitrogens with zero attached hydrogens (tertiary/aromatic N) is 2. The predicted octanol–water partition coefficient (Wildman–Crippen LogP) is 2.67. The molecule has 0 spiro atoms. The number of aryl methyl sites for hydroxylation is 1. The molecule has 5 nitrogen and oxygen atoms in total. The predicted molar refractivity (Wildman–Crippen MR) is 99.2 cm³/mol. The van der Waals surface area contributed by atoms with Gasteiger partial charge in [0.05, 0.1) is 11.9 Å². The highest BCUT2D eigenvalue weighted by Crippen LogP contribution is 2.30. The van der Waals surface area contributed by atoms with Crippen molar-refractivity contribution < 1.29 is 13.2 Å². The van der Waals surface area contributed by atoms with Crippen molar-refractivity contribution in [3.63, 3.8) is 0 Å². The zero-order valence-corrected chi connectivity index (χ0v) is 15.3. The molecule has 0 aromatic heterocycles. The molecule has 3 rings (SSSR count). The van der Waals surface area contributed by atoms with Gasteiger partial charge in [-0.1, -0.05) is 30.3 Å². The number of benzene rings is 2. The molecule has 0 radical (unpaired) electrons. The molecule has 132 valence electrons. The van der Waals surface area contributed by atoms with Gasteiger partial charge in [0, 0.05) is 25.7 Å². The van der Waals surface area contributed by atoms with Crippen LogP contribution in [0.3, 0.4) is 0 Å². The van der Waals surface area contributed by atoms with Crippen molar-refractivity contribution >= 4 is 21.6 Å². The van der Waals surface area contributed by atoms with Crippen molar-refractivity contribution in [2.45, 2.75) is 19.4 Å². The topological polar surface area (TPSA) is 57.7 Å². The van der Waals surface area contributed by atoms with Crippen LogP contribution in [0.2, 0.25) is 0 Å². The number of anilines is 1. The van der Waals surface area contributed by atoms with Crippen molar-refractivity contribution in [3.8, 4) is 0 Å². The number of sulfonamides is 1. The maximum Gasteiger partial charge on any atom is 0.253 e. The fourth-order valence-corrected chi connectivity index (χ4v) is 4.19. The summed E-state index contributed by atoms with van der Waals surface area (Å²) in [5, 5.41) is 0. The zero-order valence-electron chi connectivity index (χ0n) is 14.5. The Labute approximate surface area is 148 Å². The quantitative estimate of drug-likeness (QED) is 0.844. The molecule has 0 aliphatic carbocycles. The fourth-order valence-electron chi connectivity index (χ4n) is 3.19. The molecule has 0 bridgehead atoms. The van der Waals surface area contributed by atoms with Crippen molar-refractivity contribution in [2.75, 3.05) is 24.2 Å².